The molecule has 4 rings (SSSR count). The van der Waals surface area contributed by atoms with E-state index in [4.69, 9.17) is 0 Å². The van der Waals surface area contributed by atoms with Gasteiger partial charge in [0.25, 0.3) is 5.56 Å². The molecule has 6 nitrogen and oxygen atoms in total. The molecule has 1 aliphatic heterocycles. The minimum atomic E-state index is -0.304. The summed E-state index contributed by atoms with van der Waals surface area (Å²) >= 11 is 0. The van der Waals surface area contributed by atoms with Crippen molar-refractivity contribution < 1.29 is 4.39 Å². The molecule has 0 unspecified atom stereocenters. The summed E-state index contributed by atoms with van der Waals surface area (Å²) in [5.74, 6) is 0.734. The molecule has 0 saturated carbocycles. The molecule has 29 heavy (non-hydrogen) atoms. The second-order valence-electron chi connectivity index (χ2n) is 7.16. The van der Waals surface area contributed by atoms with Crippen LogP contribution >= 0.6 is 0 Å². The maximum absolute atomic E-state index is 13.2. The smallest absolute Gasteiger partial charge is 0.266 e. The fourth-order valence-corrected chi connectivity index (χ4v) is 3.66. The van der Waals surface area contributed by atoms with Gasteiger partial charge in [-0.1, -0.05) is 0 Å². The second kappa shape index (κ2) is 8.23. The van der Waals surface area contributed by atoms with Gasteiger partial charge in [0.1, 0.15) is 17.7 Å². The summed E-state index contributed by atoms with van der Waals surface area (Å²) in [5, 5.41) is 13.8. The van der Waals surface area contributed by atoms with Crippen LogP contribution in [0.25, 0.3) is 11.3 Å². The molecule has 1 aliphatic rings. The van der Waals surface area contributed by atoms with Gasteiger partial charge in [0, 0.05) is 37.5 Å². The number of piperidine rings is 1. The zero-order valence-corrected chi connectivity index (χ0v) is 15.8. The van der Waals surface area contributed by atoms with Gasteiger partial charge >= 0.3 is 0 Å². The van der Waals surface area contributed by atoms with Crippen LogP contribution in [0.1, 0.15) is 18.4 Å². The third-order valence-corrected chi connectivity index (χ3v) is 5.26. The lowest BCUT2D eigenvalue weighted by molar-refractivity contribution is 0.335. The first kappa shape index (κ1) is 18.8. The van der Waals surface area contributed by atoms with Crippen LogP contribution in [0.4, 0.5) is 10.2 Å². The van der Waals surface area contributed by atoms with E-state index in [0.717, 1.165) is 37.3 Å². The number of hydrogen-bond donors (Lipinski definition) is 0. The predicted octanol–water partition coefficient (Wildman–Crippen LogP) is 3.23. The van der Waals surface area contributed by atoms with Crippen LogP contribution < -0.4 is 10.5 Å². The van der Waals surface area contributed by atoms with Gasteiger partial charge in [-0.15, -0.1) is 0 Å². The molecule has 2 aromatic heterocycles. The summed E-state index contributed by atoms with van der Waals surface area (Å²) in [5.41, 5.74) is 1.86. The van der Waals surface area contributed by atoms with Crippen molar-refractivity contribution in [1.82, 2.24) is 14.8 Å². The Kier molecular flexibility index (Phi) is 5.34. The number of nitrogens with zero attached hydrogens (tertiary/aromatic N) is 5. The molecule has 146 valence electrons. The molecule has 0 spiro atoms. The molecule has 7 heteroatoms. The van der Waals surface area contributed by atoms with Crippen LogP contribution in [-0.2, 0) is 6.54 Å². The standard InChI is InChI=1S/C22H20FN5O/c23-19-5-3-17(4-6-19)20-7-8-21(29)28(26-20)15-16-9-12-27(13-10-16)22-18(14-24)2-1-11-25-22/h1-8,11,16H,9-10,12-13,15H2. The number of halogens is 1. The van der Waals surface area contributed by atoms with Gasteiger partial charge in [-0.25, -0.2) is 14.1 Å². The van der Waals surface area contributed by atoms with Crippen molar-refractivity contribution in [3.05, 3.63) is 76.5 Å². The molecular formula is C22H20FN5O. The van der Waals surface area contributed by atoms with Crippen LogP contribution in [0.5, 0.6) is 0 Å². The number of hydrogen-bond acceptors (Lipinski definition) is 5. The van der Waals surface area contributed by atoms with Crippen molar-refractivity contribution in [1.29, 1.82) is 5.26 Å². The lowest BCUT2D eigenvalue weighted by atomic mass is 9.96. The number of pyridine rings is 1. The van der Waals surface area contributed by atoms with E-state index in [0.29, 0.717) is 23.7 Å². The Balaban J connectivity index is 1.46. The van der Waals surface area contributed by atoms with E-state index >= 15 is 0 Å². The Labute approximate surface area is 167 Å². The zero-order chi connectivity index (χ0) is 20.2. The largest absolute Gasteiger partial charge is 0.356 e. The lowest BCUT2D eigenvalue weighted by Gasteiger charge is -2.33. The first-order valence-electron chi connectivity index (χ1n) is 9.58. The number of anilines is 1. The Morgan fingerprint density at radius 1 is 1.10 bits per heavy atom. The van der Waals surface area contributed by atoms with Gasteiger partial charge in [0.05, 0.1) is 11.3 Å². The van der Waals surface area contributed by atoms with Crippen LogP contribution in [-0.4, -0.2) is 27.9 Å². The van der Waals surface area contributed by atoms with Gasteiger partial charge in [-0.2, -0.15) is 10.4 Å². The average Bonchev–Trinajstić information content (AvgIpc) is 2.76. The molecule has 3 heterocycles. The van der Waals surface area contributed by atoms with E-state index in [9.17, 15) is 14.4 Å². The summed E-state index contributed by atoms with van der Waals surface area (Å²) in [6.45, 7) is 2.10. The third-order valence-electron chi connectivity index (χ3n) is 5.26. The highest BCUT2D eigenvalue weighted by atomic mass is 19.1. The highest BCUT2D eigenvalue weighted by Gasteiger charge is 2.23. The molecule has 1 saturated heterocycles. The Hall–Kier alpha value is -3.53. The minimum absolute atomic E-state index is 0.144. The molecule has 0 bridgehead atoms. The molecule has 1 aromatic carbocycles. The maximum Gasteiger partial charge on any atom is 0.266 e. The summed E-state index contributed by atoms with van der Waals surface area (Å²) in [4.78, 5) is 18.8. The van der Waals surface area contributed by atoms with Gasteiger partial charge in [-0.3, -0.25) is 4.79 Å². The van der Waals surface area contributed by atoms with E-state index in [1.807, 2.05) is 0 Å². The monoisotopic (exact) mass is 389 g/mol. The molecule has 0 amide bonds. The Morgan fingerprint density at radius 3 is 2.59 bits per heavy atom. The third kappa shape index (κ3) is 4.16. The van der Waals surface area contributed by atoms with Crippen LogP contribution in [0.2, 0.25) is 0 Å². The fourth-order valence-electron chi connectivity index (χ4n) is 3.66. The van der Waals surface area contributed by atoms with E-state index in [-0.39, 0.29) is 11.4 Å². The van der Waals surface area contributed by atoms with Gasteiger partial charge in [0.15, 0.2) is 0 Å². The minimum Gasteiger partial charge on any atom is -0.356 e. The molecule has 0 aliphatic carbocycles. The molecular weight excluding hydrogens is 369 g/mol. The van der Waals surface area contributed by atoms with Gasteiger partial charge in [-0.05, 0) is 61.2 Å². The number of aromatic nitrogens is 3. The molecule has 0 atom stereocenters. The Morgan fingerprint density at radius 2 is 1.86 bits per heavy atom. The van der Waals surface area contributed by atoms with Crippen molar-refractivity contribution in [3.8, 4) is 17.3 Å². The van der Waals surface area contributed by atoms with Crippen molar-refractivity contribution in [2.75, 3.05) is 18.0 Å². The SMILES string of the molecule is N#Cc1cccnc1N1CCC(Cn2nc(-c3ccc(F)cc3)ccc2=O)CC1. The fraction of sp³-hybridized carbons (Fsp3) is 0.273. The normalized spacial score (nSPS) is 14.6. The molecule has 1 fully saturated rings. The summed E-state index contributed by atoms with van der Waals surface area (Å²) in [7, 11) is 0. The van der Waals surface area contributed by atoms with E-state index in [2.05, 4.69) is 21.1 Å². The van der Waals surface area contributed by atoms with Gasteiger partial charge in [0.2, 0.25) is 0 Å². The predicted molar refractivity (Wildman–Crippen MR) is 108 cm³/mol. The second-order valence-corrected chi connectivity index (χ2v) is 7.16. The molecule has 0 N–H and O–H groups in total. The van der Waals surface area contributed by atoms with Crippen molar-refractivity contribution in [2.45, 2.75) is 19.4 Å². The van der Waals surface area contributed by atoms with Crippen molar-refractivity contribution >= 4 is 5.82 Å². The number of rotatable bonds is 4. The summed E-state index contributed by atoms with van der Waals surface area (Å²) in [6, 6.07) is 15.0. The average molecular weight is 389 g/mol. The zero-order valence-electron chi connectivity index (χ0n) is 15.8. The number of benzene rings is 1. The number of nitriles is 1. The highest BCUT2D eigenvalue weighted by Crippen LogP contribution is 2.25. The molecule has 3 aromatic rings. The summed E-state index contributed by atoms with van der Waals surface area (Å²) in [6.07, 6.45) is 3.47. The quantitative estimate of drug-likeness (QED) is 0.685. The van der Waals surface area contributed by atoms with Crippen molar-refractivity contribution in [3.63, 3.8) is 0 Å². The van der Waals surface area contributed by atoms with Crippen LogP contribution in [0, 0.1) is 23.1 Å². The van der Waals surface area contributed by atoms with Crippen LogP contribution in [0.15, 0.2) is 59.5 Å². The topological polar surface area (TPSA) is 74.8 Å². The van der Waals surface area contributed by atoms with Gasteiger partial charge < -0.3 is 4.90 Å². The van der Waals surface area contributed by atoms with Crippen molar-refractivity contribution in [2.24, 2.45) is 5.92 Å². The first-order valence-corrected chi connectivity index (χ1v) is 9.58. The van der Waals surface area contributed by atoms with Crippen LogP contribution in [0.3, 0.4) is 0 Å². The Bertz CT molecular complexity index is 1100. The van der Waals surface area contributed by atoms with E-state index < -0.39 is 0 Å². The lowest BCUT2D eigenvalue weighted by Crippen LogP contribution is -2.37. The molecule has 0 radical (unpaired) electrons. The summed E-state index contributed by atoms with van der Waals surface area (Å²) < 4.78 is 14.7. The maximum atomic E-state index is 13.2. The first-order chi connectivity index (χ1) is 14.1. The highest BCUT2D eigenvalue weighted by molar-refractivity contribution is 5.58. The van der Waals surface area contributed by atoms with E-state index in [1.54, 1.807) is 36.5 Å². The van der Waals surface area contributed by atoms with E-state index in [1.165, 1.54) is 22.9 Å².